The summed E-state index contributed by atoms with van der Waals surface area (Å²) in [4.78, 5) is 1.72. The molecule has 0 spiro atoms. The molecule has 1 aliphatic rings. The summed E-state index contributed by atoms with van der Waals surface area (Å²) in [5.41, 5.74) is 0.714. The second kappa shape index (κ2) is 6.23. The van der Waals surface area contributed by atoms with Gasteiger partial charge in [0.05, 0.1) is 6.61 Å². The van der Waals surface area contributed by atoms with Gasteiger partial charge < -0.3 is 20.2 Å². The van der Waals surface area contributed by atoms with E-state index in [4.69, 9.17) is 5.11 Å². The van der Waals surface area contributed by atoms with Gasteiger partial charge in [0, 0.05) is 17.2 Å². The number of hydrogen-bond acceptors (Lipinski definition) is 4. The molecule has 2 unspecified atom stereocenters. The summed E-state index contributed by atoms with van der Waals surface area (Å²) in [5, 5.41) is 29.4. The van der Waals surface area contributed by atoms with Gasteiger partial charge in [-0.1, -0.05) is 28.1 Å². The van der Waals surface area contributed by atoms with Crippen LogP contribution in [-0.4, -0.2) is 39.4 Å². The molecule has 1 heterocycles. The largest absolute Gasteiger partial charge is 0.510 e. The van der Waals surface area contributed by atoms with Crippen molar-refractivity contribution in [3.05, 3.63) is 58.4 Å². The van der Waals surface area contributed by atoms with Gasteiger partial charge in [-0.05, 0) is 29.8 Å². The molecule has 0 radical (unpaired) electrons. The normalized spacial score (nSPS) is 20.3. The molecule has 1 aliphatic heterocycles. The lowest BCUT2D eigenvalue weighted by Gasteiger charge is -2.35. The molecule has 1 aromatic carbocycles. The monoisotopic (exact) mass is 325 g/mol. The molecule has 3 N–H and O–H groups in total. The first-order valence-electron chi connectivity index (χ1n) is 6.01. The van der Waals surface area contributed by atoms with Crippen LogP contribution in [0.2, 0.25) is 0 Å². The van der Waals surface area contributed by atoms with E-state index in [-0.39, 0.29) is 12.4 Å². The molecule has 5 heteroatoms. The fraction of sp³-hybridized carbons (Fsp3) is 0.286. The van der Waals surface area contributed by atoms with Crippen molar-refractivity contribution in [2.75, 3.05) is 13.2 Å². The fourth-order valence-corrected chi connectivity index (χ4v) is 2.39. The van der Waals surface area contributed by atoms with Gasteiger partial charge in [-0.2, -0.15) is 0 Å². The number of aliphatic hydroxyl groups excluding tert-OH is 3. The molecular weight excluding hydrogens is 310 g/mol. The zero-order valence-corrected chi connectivity index (χ0v) is 11.9. The maximum atomic E-state index is 10.4. The molecule has 0 aromatic heterocycles. The number of aliphatic hydroxyl groups is 3. The SMILES string of the molecule is OCCN1C=CC=C(O)C1C(O)c1ccc(Br)cc1. The molecule has 0 amide bonds. The fourth-order valence-electron chi connectivity index (χ4n) is 2.13. The molecule has 0 saturated carbocycles. The average molecular weight is 326 g/mol. The maximum absolute atomic E-state index is 10.4. The minimum atomic E-state index is -0.860. The number of β-amino-alcohol motifs (C(OH)–C–C–N with tert-alkyl or cyclic N) is 1. The van der Waals surface area contributed by atoms with E-state index in [1.54, 1.807) is 35.4 Å². The van der Waals surface area contributed by atoms with Crippen molar-refractivity contribution in [3.8, 4) is 0 Å². The molecular formula is C14H16BrNO3. The van der Waals surface area contributed by atoms with Crippen LogP contribution in [0.1, 0.15) is 11.7 Å². The summed E-state index contributed by atoms with van der Waals surface area (Å²) in [6.45, 7) is 0.313. The van der Waals surface area contributed by atoms with Crippen molar-refractivity contribution in [1.82, 2.24) is 4.90 Å². The predicted octanol–water partition coefficient (Wildman–Crippen LogP) is 2.11. The Bertz CT molecular complexity index is 484. The van der Waals surface area contributed by atoms with Gasteiger partial charge in [0.2, 0.25) is 0 Å². The van der Waals surface area contributed by atoms with Crippen LogP contribution in [0.15, 0.2) is 52.8 Å². The Balaban J connectivity index is 2.24. The Kier molecular flexibility index (Phi) is 4.63. The van der Waals surface area contributed by atoms with Crippen LogP contribution >= 0.6 is 15.9 Å². The molecule has 0 saturated heterocycles. The Labute approximate surface area is 120 Å². The highest BCUT2D eigenvalue weighted by Crippen LogP contribution is 2.28. The summed E-state index contributed by atoms with van der Waals surface area (Å²) < 4.78 is 0.930. The number of rotatable bonds is 4. The second-order valence-electron chi connectivity index (χ2n) is 4.34. The van der Waals surface area contributed by atoms with Gasteiger partial charge >= 0.3 is 0 Å². The summed E-state index contributed by atoms with van der Waals surface area (Å²) in [6, 6.07) is 6.72. The summed E-state index contributed by atoms with van der Waals surface area (Å²) in [6.07, 6.45) is 4.14. The van der Waals surface area contributed by atoms with Gasteiger partial charge in [-0.3, -0.25) is 0 Å². The zero-order chi connectivity index (χ0) is 13.8. The molecule has 2 rings (SSSR count). The lowest BCUT2D eigenvalue weighted by Crippen LogP contribution is -2.40. The number of benzene rings is 1. The van der Waals surface area contributed by atoms with Gasteiger partial charge in [0.15, 0.2) is 0 Å². The van der Waals surface area contributed by atoms with E-state index in [1.165, 1.54) is 0 Å². The topological polar surface area (TPSA) is 63.9 Å². The standard InChI is InChI=1S/C14H16BrNO3/c15-11-5-3-10(4-6-11)14(19)13-12(18)2-1-7-16(13)8-9-17/h1-7,13-14,17-19H,8-9H2. The van der Waals surface area contributed by atoms with Crippen LogP contribution in [0.4, 0.5) is 0 Å². The van der Waals surface area contributed by atoms with Crippen LogP contribution in [0, 0.1) is 0 Å². The van der Waals surface area contributed by atoms with Crippen molar-refractivity contribution in [1.29, 1.82) is 0 Å². The Morgan fingerprint density at radius 1 is 1.26 bits per heavy atom. The highest BCUT2D eigenvalue weighted by atomic mass is 79.9. The third kappa shape index (κ3) is 3.18. The highest BCUT2D eigenvalue weighted by molar-refractivity contribution is 9.10. The first-order valence-corrected chi connectivity index (χ1v) is 6.80. The van der Waals surface area contributed by atoms with Crippen LogP contribution in [0.5, 0.6) is 0 Å². The Morgan fingerprint density at radius 2 is 1.95 bits per heavy atom. The van der Waals surface area contributed by atoms with Gasteiger partial charge in [0.1, 0.15) is 17.9 Å². The lowest BCUT2D eigenvalue weighted by molar-refractivity contribution is 0.0590. The maximum Gasteiger partial charge on any atom is 0.118 e. The van der Waals surface area contributed by atoms with E-state index in [9.17, 15) is 10.2 Å². The molecule has 4 nitrogen and oxygen atoms in total. The van der Waals surface area contributed by atoms with E-state index in [2.05, 4.69) is 15.9 Å². The van der Waals surface area contributed by atoms with Crippen LogP contribution in [-0.2, 0) is 0 Å². The van der Waals surface area contributed by atoms with E-state index in [0.717, 1.165) is 4.47 Å². The molecule has 0 bridgehead atoms. The zero-order valence-electron chi connectivity index (χ0n) is 10.3. The van der Waals surface area contributed by atoms with Crippen molar-refractivity contribution < 1.29 is 15.3 Å². The first-order chi connectivity index (χ1) is 9.13. The molecule has 19 heavy (non-hydrogen) atoms. The van der Waals surface area contributed by atoms with E-state index < -0.39 is 12.1 Å². The minimum Gasteiger partial charge on any atom is -0.510 e. The van der Waals surface area contributed by atoms with Crippen molar-refractivity contribution >= 4 is 15.9 Å². The molecule has 102 valence electrons. The van der Waals surface area contributed by atoms with E-state index in [0.29, 0.717) is 12.1 Å². The lowest BCUT2D eigenvalue weighted by atomic mass is 9.98. The molecule has 2 atom stereocenters. The van der Waals surface area contributed by atoms with Crippen molar-refractivity contribution in [3.63, 3.8) is 0 Å². The molecule has 0 fully saturated rings. The minimum absolute atomic E-state index is 0.0405. The highest BCUT2D eigenvalue weighted by Gasteiger charge is 2.30. The van der Waals surface area contributed by atoms with Gasteiger partial charge in [-0.15, -0.1) is 0 Å². The van der Waals surface area contributed by atoms with Gasteiger partial charge in [-0.25, -0.2) is 0 Å². The quantitative estimate of drug-likeness (QED) is 0.793. The number of halogens is 1. The smallest absolute Gasteiger partial charge is 0.118 e. The Morgan fingerprint density at radius 3 is 2.58 bits per heavy atom. The second-order valence-corrected chi connectivity index (χ2v) is 5.25. The summed E-state index contributed by atoms with van der Waals surface area (Å²) in [5.74, 6) is 0.0892. The number of allylic oxidation sites excluding steroid dienone is 2. The number of hydrogen-bond donors (Lipinski definition) is 3. The van der Waals surface area contributed by atoms with Gasteiger partial charge in [0.25, 0.3) is 0 Å². The third-order valence-corrected chi connectivity index (χ3v) is 3.60. The summed E-state index contributed by atoms with van der Waals surface area (Å²) >= 11 is 3.34. The van der Waals surface area contributed by atoms with Crippen LogP contribution in [0.25, 0.3) is 0 Å². The van der Waals surface area contributed by atoms with Crippen LogP contribution < -0.4 is 0 Å². The van der Waals surface area contributed by atoms with Crippen LogP contribution in [0.3, 0.4) is 0 Å². The van der Waals surface area contributed by atoms with E-state index in [1.807, 2.05) is 12.1 Å². The molecule has 1 aromatic rings. The third-order valence-electron chi connectivity index (χ3n) is 3.07. The van der Waals surface area contributed by atoms with Crippen molar-refractivity contribution in [2.24, 2.45) is 0 Å². The Hall–Kier alpha value is -1.30. The average Bonchev–Trinajstić information content (AvgIpc) is 2.39. The predicted molar refractivity (Wildman–Crippen MR) is 76.5 cm³/mol. The van der Waals surface area contributed by atoms with Crippen molar-refractivity contribution in [2.45, 2.75) is 12.1 Å². The van der Waals surface area contributed by atoms with E-state index >= 15 is 0 Å². The molecule has 0 aliphatic carbocycles. The summed E-state index contributed by atoms with van der Waals surface area (Å²) in [7, 11) is 0. The number of nitrogens with zero attached hydrogens (tertiary/aromatic N) is 1. The first kappa shape index (κ1) is 14.1.